The quantitative estimate of drug-likeness (QED) is 0.797. The number of β-amino-alcohol motifs (C(OH)–C–C–N with tert-alkyl or cyclic N) is 1. The molecule has 2 unspecified atom stereocenters. The highest BCUT2D eigenvalue weighted by molar-refractivity contribution is 5.37. The Balaban J connectivity index is 1.62. The van der Waals surface area contributed by atoms with E-state index in [0.29, 0.717) is 19.6 Å². The third-order valence-electron chi connectivity index (χ3n) is 4.62. The molecule has 0 bridgehead atoms. The van der Waals surface area contributed by atoms with Gasteiger partial charge in [-0.1, -0.05) is 11.2 Å². The minimum absolute atomic E-state index is 0.0424. The van der Waals surface area contributed by atoms with E-state index in [1.54, 1.807) is 0 Å². The number of aliphatic hydroxyl groups is 2. The average molecular weight is 346 g/mol. The van der Waals surface area contributed by atoms with Crippen molar-refractivity contribution < 1.29 is 19.5 Å². The fraction of sp³-hybridized carbons (Fsp3) is 0.526. The molecule has 3 rings (SSSR count). The summed E-state index contributed by atoms with van der Waals surface area (Å²) < 4.78 is 10.8. The molecule has 1 aliphatic heterocycles. The van der Waals surface area contributed by atoms with Crippen molar-refractivity contribution in [3.8, 4) is 5.75 Å². The van der Waals surface area contributed by atoms with Crippen molar-refractivity contribution in [2.75, 3.05) is 19.7 Å². The minimum Gasteiger partial charge on any atom is -0.494 e. The van der Waals surface area contributed by atoms with Crippen LogP contribution in [0.2, 0.25) is 0 Å². The van der Waals surface area contributed by atoms with E-state index in [-0.39, 0.29) is 18.6 Å². The molecule has 2 atom stereocenters. The first-order chi connectivity index (χ1) is 12.1. The molecule has 1 aliphatic rings. The maximum absolute atomic E-state index is 10.4. The Morgan fingerprint density at radius 1 is 1.32 bits per heavy atom. The summed E-state index contributed by atoms with van der Waals surface area (Å²) in [6.45, 7) is 6.54. The van der Waals surface area contributed by atoms with Crippen molar-refractivity contribution in [3.63, 3.8) is 0 Å². The molecule has 0 aliphatic carbocycles. The van der Waals surface area contributed by atoms with Crippen molar-refractivity contribution in [2.45, 2.75) is 39.5 Å². The Morgan fingerprint density at radius 2 is 2.16 bits per heavy atom. The summed E-state index contributed by atoms with van der Waals surface area (Å²) in [6, 6.07) is 7.83. The van der Waals surface area contributed by atoms with Crippen molar-refractivity contribution in [2.24, 2.45) is 5.92 Å². The van der Waals surface area contributed by atoms with Crippen LogP contribution in [-0.4, -0.2) is 46.1 Å². The predicted molar refractivity (Wildman–Crippen MR) is 93.3 cm³/mol. The van der Waals surface area contributed by atoms with Crippen LogP contribution in [0.25, 0.3) is 0 Å². The summed E-state index contributed by atoms with van der Waals surface area (Å²) in [7, 11) is 0. The van der Waals surface area contributed by atoms with Gasteiger partial charge in [0.05, 0.1) is 25.0 Å². The maximum atomic E-state index is 10.4. The van der Waals surface area contributed by atoms with Crippen molar-refractivity contribution in [1.82, 2.24) is 10.1 Å². The van der Waals surface area contributed by atoms with Crippen LogP contribution in [0.3, 0.4) is 0 Å². The second-order valence-corrected chi connectivity index (χ2v) is 6.69. The van der Waals surface area contributed by atoms with E-state index in [4.69, 9.17) is 9.26 Å². The lowest BCUT2D eigenvalue weighted by atomic mass is 10.0. The molecule has 25 heavy (non-hydrogen) atoms. The van der Waals surface area contributed by atoms with Gasteiger partial charge < -0.3 is 19.5 Å². The Bertz CT molecular complexity index is 700. The lowest BCUT2D eigenvalue weighted by Gasteiger charge is -2.17. The number of ether oxygens (including phenoxy) is 1. The van der Waals surface area contributed by atoms with Gasteiger partial charge in [0.25, 0.3) is 0 Å². The molecule has 6 nitrogen and oxygen atoms in total. The molecule has 1 aromatic heterocycles. The van der Waals surface area contributed by atoms with Gasteiger partial charge in [-0.25, -0.2) is 0 Å². The van der Waals surface area contributed by atoms with Crippen molar-refractivity contribution in [1.29, 1.82) is 0 Å². The highest BCUT2D eigenvalue weighted by atomic mass is 16.5. The molecule has 6 heteroatoms. The number of rotatable bonds is 7. The second-order valence-electron chi connectivity index (χ2n) is 6.69. The Hall–Kier alpha value is -1.89. The van der Waals surface area contributed by atoms with Crippen LogP contribution >= 0.6 is 0 Å². The molecule has 1 saturated heterocycles. The van der Waals surface area contributed by atoms with Crippen molar-refractivity contribution in [3.05, 3.63) is 46.8 Å². The number of aryl methyl sites for hydroxylation is 1. The molecule has 0 radical (unpaired) electrons. The third kappa shape index (κ3) is 4.39. The molecule has 0 spiro atoms. The topological polar surface area (TPSA) is 79.0 Å². The summed E-state index contributed by atoms with van der Waals surface area (Å²) in [4.78, 5) is 2.23. The largest absolute Gasteiger partial charge is 0.494 e. The van der Waals surface area contributed by atoms with E-state index in [2.05, 4.69) is 10.1 Å². The number of likely N-dealkylation sites (tertiary alicyclic amines) is 1. The summed E-state index contributed by atoms with van der Waals surface area (Å²) in [5.41, 5.74) is 2.77. The van der Waals surface area contributed by atoms with Crippen LogP contribution in [0.4, 0.5) is 0 Å². The summed E-state index contributed by atoms with van der Waals surface area (Å²) >= 11 is 0. The van der Waals surface area contributed by atoms with Gasteiger partial charge in [0.1, 0.15) is 11.5 Å². The van der Waals surface area contributed by atoms with E-state index in [9.17, 15) is 10.2 Å². The summed E-state index contributed by atoms with van der Waals surface area (Å²) in [6.07, 6.45) is 0.328. The molecule has 1 aromatic carbocycles. The maximum Gasteiger partial charge on any atom is 0.137 e. The first-order valence-corrected chi connectivity index (χ1v) is 8.77. The fourth-order valence-electron chi connectivity index (χ4n) is 3.45. The number of hydrogen-bond donors (Lipinski definition) is 2. The highest BCUT2D eigenvalue weighted by Crippen LogP contribution is 2.25. The fourth-order valence-corrected chi connectivity index (χ4v) is 3.45. The lowest BCUT2D eigenvalue weighted by Crippen LogP contribution is -2.21. The zero-order valence-corrected chi connectivity index (χ0v) is 14.8. The van der Waals surface area contributed by atoms with Gasteiger partial charge in [-0.2, -0.15) is 0 Å². The molecule has 2 aromatic rings. The number of benzene rings is 1. The van der Waals surface area contributed by atoms with Gasteiger partial charge in [0, 0.05) is 43.6 Å². The Kier molecular flexibility index (Phi) is 5.73. The molecule has 0 saturated carbocycles. The molecular formula is C19H26N2O4. The first-order valence-electron chi connectivity index (χ1n) is 8.77. The molecular weight excluding hydrogens is 320 g/mol. The molecule has 2 N–H and O–H groups in total. The van der Waals surface area contributed by atoms with Gasteiger partial charge in [-0.15, -0.1) is 0 Å². The van der Waals surface area contributed by atoms with Gasteiger partial charge in [0.15, 0.2) is 0 Å². The van der Waals surface area contributed by atoms with Crippen LogP contribution in [0.5, 0.6) is 5.75 Å². The van der Waals surface area contributed by atoms with Gasteiger partial charge in [0.2, 0.25) is 0 Å². The van der Waals surface area contributed by atoms with Crippen molar-refractivity contribution >= 4 is 0 Å². The lowest BCUT2D eigenvalue weighted by molar-refractivity contribution is 0.137. The Morgan fingerprint density at radius 3 is 2.84 bits per heavy atom. The van der Waals surface area contributed by atoms with Gasteiger partial charge >= 0.3 is 0 Å². The zero-order valence-electron chi connectivity index (χ0n) is 14.8. The predicted octanol–water partition coefficient (Wildman–Crippen LogP) is 1.91. The molecule has 2 heterocycles. The van der Waals surface area contributed by atoms with Crippen LogP contribution in [0.15, 0.2) is 28.8 Å². The molecule has 0 amide bonds. The van der Waals surface area contributed by atoms with E-state index in [1.807, 2.05) is 38.1 Å². The molecule has 136 valence electrons. The van der Waals surface area contributed by atoms with Crippen LogP contribution in [0, 0.1) is 12.8 Å². The van der Waals surface area contributed by atoms with E-state index in [1.165, 1.54) is 0 Å². The summed E-state index contributed by atoms with van der Waals surface area (Å²) in [5.74, 6) is 1.70. The number of nitrogens with zero attached hydrogens (tertiary/aromatic N) is 2. The van der Waals surface area contributed by atoms with Crippen LogP contribution in [-0.2, 0) is 19.6 Å². The number of aromatic nitrogens is 1. The smallest absolute Gasteiger partial charge is 0.137 e. The standard InChI is InChI=1S/C19H26N2O4/c1-3-24-19-5-4-14(7-16(19)12-22)9-21-10-15(18(23)11-21)8-17-6-13(2)20-25-17/h4-7,15,18,22-23H,3,8-12H2,1-2H3. The Labute approximate surface area is 148 Å². The minimum atomic E-state index is -0.370. The van der Waals surface area contributed by atoms with Gasteiger partial charge in [-0.05, 0) is 31.5 Å². The SMILES string of the molecule is CCOc1ccc(CN2CC(O)C(Cc3cc(C)no3)C2)cc1CO. The number of hydrogen-bond acceptors (Lipinski definition) is 6. The number of aliphatic hydroxyl groups excluding tert-OH is 2. The first kappa shape index (κ1) is 17.9. The molecule has 1 fully saturated rings. The van der Waals surface area contributed by atoms with Crippen LogP contribution in [0.1, 0.15) is 29.5 Å². The van der Waals surface area contributed by atoms with Crippen LogP contribution < -0.4 is 4.74 Å². The monoisotopic (exact) mass is 346 g/mol. The second kappa shape index (κ2) is 7.99. The highest BCUT2D eigenvalue weighted by Gasteiger charge is 2.32. The van der Waals surface area contributed by atoms with E-state index >= 15 is 0 Å². The third-order valence-corrected chi connectivity index (χ3v) is 4.62. The summed E-state index contributed by atoms with van der Waals surface area (Å²) in [5, 5.41) is 23.8. The zero-order chi connectivity index (χ0) is 17.8. The van der Waals surface area contributed by atoms with E-state index in [0.717, 1.165) is 41.4 Å². The average Bonchev–Trinajstić information content (AvgIpc) is 3.15. The normalized spacial score (nSPS) is 21.0. The van der Waals surface area contributed by atoms with Gasteiger partial charge in [-0.3, -0.25) is 4.90 Å². The van der Waals surface area contributed by atoms with E-state index < -0.39 is 0 Å².